The zero-order valence-corrected chi connectivity index (χ0v) is 18.3. The number of likely N-dealkylation sites (tertiary alicyclic amines) is 1. The molecule has 0 saturated carbocycles. The second-order valence-corrected chi connectivity index (χ2v) is 8.94. The third-order valence-corrected chi connectivity index (χ3v) is 5.46. The number of pyridine rings is 1. The third kappa shape index (κ3) is 5.29. The van der Waals surface area contributed by atoms with Gasteiger partial charge < -0.3 is 15.0 Å². The first-order valence-corrected chi connectivity index (χ1v) is 10.7. The van der Waals surface area contributed by atoms with E-state index in [2.05, 4.69) is 38.5 Å². The number of amides is 1. The molecule has 1 saturated heterocycles. The first-order chi connectivity index (χ1) is 14.9. The summed E-state index contributed by atoms with van der Waals surface area (Å²) in [5.41, 5.74) is 4.75. The average Bonchev–Trinajstić information content (AvgIpc) is 2.77. The van der Waals surface area contributed by atoms with Crippen LogP contribution >= 0.6 is 0 Å². The molecule has 162 valence electrons. The molecule has 0 unspecified atom stereocenters. The van der Waals surface area contributed by atoms with E-state index < -0.39 is 5.60 Å². The molecule has 1 fully saturated rings. The fraction of sp³-hybridized carbons (Fsp3) is 0.417. The molecular formula is C24H29N5O2. The minimum absolute atomic E-state index is 0.224. The van der Waals surface area contributed by atoms with Gasteiger partial charge in [0.05, 0.1) is 22.9 Å². The molecule has 4 rings (SSSR count). The zero-order valence-electron chi connectivity index (χ0n) is 18.3. The maximum atomic E-state index is 12.3. The molecule has 0 radical (unpaired) electrons. The van der Waals surface area contributed by atoms with Gasteiger partial charge in [-0.15, -0.1) is 0 Å². The fourth-order valence-electron chi connectivity index (χ4n) is 3.92. The lowest BCUT2D eigenvalue weighted by Crippen LogP contribution is -2.41. The summed E-state index contributed by atoms with van der Waals surface area (Å²) in [6, 6.07) is 8.21. The predicted molar refractivity (Wildman–Crippen MR) is 121 cm³/mol. The van der Waals surface area contributed by atoms with Gasteiger partial charge in [0, 0.05) is 38.2 Å². The number of fused-ring (bicyclic) bond motifs is 1. The van der Waals surface area contributed by atoms with Crippen molar-refractivity contribution in [1.29, 1.82) is 0 Å². The van der Waals surface area contributed by atoms with Crippen LogP contribution in [0.15, 0.2) is 49.1 Å². The van der Waals surface area contributed by atoms with Gasteiger partial charge in [0.1, 0.15) is 5.60 Å². The van der Waals surface area contributed by atoms with Gasteiger partial charge in [-0.2, -0.15) is 0 Å². The Morgan fingerprint density at radius 1 is 1.10 bits per heavy atom. The Balaban J connectivity index is 1.40. The maximum absolute atomic E-state index is 12.3. The molecule has 1 N–H and O–H groups in total. The van der Waals surface area contributed by atoms with E-state index >= 15 is 0 Å². The smallest absolute Gasteiger partial charge is 0.410 e. The Labute approximate surface area is 182 Å². The van der Waals surface area contributed by atoms with E-state index in [1.54, 1.807) is 12.4 Å². The number of hydrogen-bond acceptors (Lipinski definition) is 6. The summed E-state index contributed by atoms with van der Waals surface area (Å²) in [6.45, 7) is 7.77. The van der Waals surface area contributed by atoms with Crippen molar-refractivity contribution in [1.82, 2.24) is 19.9 Å². The van der Waals surface area contributed by atoms with Gasteiger partial charge in [0.25, 0.3) is 0 Å². The molecule has 2 aromatic heterocycles. The van der Waals surface area contributed by atoms with Crippen LogP contribution in [0.5, 0.6) is 0 Å². The van der Waals surface area contributed by atoms with Crippen LogP contribution < -0.4 is 5.32 Å². The van der Waals surface area contributed by atoms with Crippen molar-refractivity contribution in [2.75, 3.05) is 18.4 Å². The molecule has 1 amide bonds. The molecule has 1 aromatic carbocycles. The number of nitrogens with one attached hydrogen (secondary N) is 1. The first kappa shape index (κ1) is 21.0. The Morgan fingerprint density at radius 2 is 1.84 bits per heavy atom. The Morgan fingerprint density at radius 3 is 2.58 bits per heavy atom. The molecule has 0 atom stereocenters. The van der Waals surface area contributed by atoms with Gasteiger partial charge in [-0.3, -0.25) is 15.0 Å². The van der Waals surface area contributed by atoms with Crippen molar-refractivity contribution in [3.63, 3.8) is 0 Å². The van der Waals surface area contributed by atoms with Crippen LogP contribution in [0.2, 0.25) is 0 Å². The largest absolute Gasteiger partial charge is 0.444 e. The fourth-order valence-corrected chi connectivity index (χ4v) is 3.92. The van der Waals surface area contributed by atoms with E-state index in [1.807, 2.05) is 44.1 Å². The number of carbonyl (C=O) groups excluding carboxylic acids is 1. The first-order valence-electron chi connectivity index (χ1n) is 10.7. The van der Waals surface area contributed by atoms with Gasteiger partial charge in [-0.1, -0.05) is 6.07 Å². The van der Waals surface area contributed by atoms with Crippen LogP contribution in [0.25, 0.3) is 11.0 Å². The maximum Gasteiger partial charge on any atom is 0.410 e. The topological polar surface area (TPSA) is 80.2 Å². The van der Waals surface area contributed by atoms with Crippen LogP contribution in [0.3, 0.4) is 0 Å². The molecule has 7 nitrogen and oxygen atoms in total. The zero-order chi connectivity index (χ0) is 21.8. The Hall–Kier alpha value is -3.22. The molecule has 1 aliphatic rings. The summed E-state index contributed by atoms with van der Waals surface area (Å²) >= 11 is 0. The second-order valence-electron chi connectivity index (χ2n) is 8.94. The van der Waals surface area contributed by atoms with Crippen molar-refractivity contribution >= 4 is 22.8 Å². The molecule has 31 heavy (non-hydrogen) atoms. The lowest BCUT2D eigenvalue weighted by molar-refractivity contribution is 0.0205. The summed E-state index contributed by atoms with van der Waals surface area (Å²) in [6.07, 6.45) is 8.73. The molecule has 3 aromatic rings. The van der Waals surface area contributed by atoms with E-state index in [0.717, 1.165) is 35.1 Å². The summed E-state index contributed by atoms with van der Waals surface area (Å²) in [7, 11) is 0. The van der Waals surface area contributed by atoms with Crippen LogP contribution in [-0.4, -0.2) is 44.6 Å². The number of anilines is 1. The minimum atomic E-state index is -0.468. The normalized spacial score (nSPS) is 15.1. The van der Waals surface area contributed by atoms with Crippen LogP contribution in [-0.2, 0) is 11.3 Å². The highest BCUT2D eigenvalue weighted by Crippen LogP contribution is 2.33. The van der Waals surface area contributed by atoms with Gasteiger partial charge >= 0.3 is 6.09 Å². The van der Waals surface area contributed by atoms with Gasteiger partial charge in [-0.25, -0.2) is 4.79 Å². The number of ether oxygens (including phenoxy) is 1. The van der Waals surface area contributed by atoms with Crippen LogP contribution in [0, 0.1) is 0 Å². The van der Waals surface area contributed by atoms with Gasteiger partial charge in [-0.05, 0) is 68.9 Å². The quantitative estimate of drug-likeness (QED) is 0.657. The van der Waals surface area contributed by atoms with E-state index in [4.69, 9.17) is 4.74 Å². The average molecular weight is 420 g/mol. The number of aromatic nitrogens is 3. The SMILES string of the molecule is CC(C)(C)OC(=O)N1CCC(c2ccncc2NCc2ccc3nccnc3c2)CC1. The molecule has 0 spiro atoms. The van der Waals surface area contributed by atoms with E-state index in [0.29, 0.717) is 25.6 Å². The number of nitrogens with zero attached hydrogens (tertiary/aromatic N) is 4. The lowest BCUT2D eigenvalue weighted by atomic mass is 9.89. The summed E-state index contributed by atoms with van der Waals surface area (Å²) in [4.78, 5) is 27.2. The third-order valence-electron chi connectivity index (χ3n) is 5.46. The number of rotatable bonds is 4. The summed E-state index contributed by atoms with van der Waals surface area (Å²) in [5, 5.41) is 3.54. The number of carbonyl (C=O) groups is 1. The standard InChI is InChI=1S/C24H29N5O2/c1-24(2,3)31-23(30)29-12-7-18(8-13-29)19-6-9-25-16-22(19)28-15-17-4-5-20-21(14-17)27-11-10-26-20/h4-6,9-11,14,16,18,28H,7-8,12-13,15H2,1-3H3. The Bertz CT molecular complexity index is 1060. The predicted octanol–water partition coefficient (Wildman–Crippen LogP) is 4.75. The van der Waals surface area contributed by atoms with E-state index in [9.17, 15) is 4.79 Å². The van der Waals surface area contributed by atoms with E-state index in [1.165, 1.54) is 5.56 Å². The van der Waals surface area contributed by atoms with Crippen LogP contribution in [0.4, 0.5) is 10.5 Å². The van der Waals surface area contributed by atoms with Crippen molar-refractivity contribution in [3.8, 4) is 0 Å². The summed E-state index contributed by atoms with van der Waals surface area (Å²) < 4.78 is 5.52. The minimum Gasteiger partial charge on any atom is -0.444 e. The van der Waals surface area contributed by atoms with Crippen molar-refractivity contribution in [2.24, 2.45) is 0 Å². The molecule has 1 aliphatic heterocycles. The molecular weight excluding hydrogens is 390 g/mol. The van der Waals surface area contributed by atoms with Crippen molar-refractivity contribution in [2.45, 2.75) is 51.7 Å². The lowest BCUT2D eigenvalue weighted by Gasteiger charge is -2.34. The van der Waals surface area contributed by atoms with Crippen LogP contribution in [0.1, 0.15) is 50.7 Å². The molecule has 0 bridgehead atoms. The highest BCUT2D eigenvalue weighted by atomic mass is 16.6. The number of piperidine rings is 1. The highest BCUT2D eigenvalue weighted by Gasteiger charge is 2.28. The van der Waals surface area contributed by atoms with Gasteiger partial charge in [0.2, 0.25) is 0 Å². The molecule has 3 heterocycles. The second kappa shape index (κ2) is 8.88. The monoisotopic (exact) mass is 419 g/mol. The van der Waals surface area contributed by atoms with Crippen molar-refractivity contribution < 1.29 is 9.53 Å². The Kier molecular flexibility index (Phi) is 6.02. The van der Waals surface area contributed by atoms with Gasteiger partial charge in [0.15, 0.2) is 0 Å². The molecule has 7 heteroatoms. The van der Waals surface area contributed by atoms with Crippen molar-refractivity contribution in [3.05, 3.63) is 60.2 Å². The summed E-state index contributed by atoms with van der Waals surface area (Å²) in [5.74, 6) is 0.381. The number of benzene rings is 1. The van der Waals surface area contributed by atoms with E-state index in [-0.39, 0.29) is 6.09 Å². The molecule has 0 aliphatic carbocycles. The highest BCUT2D eigenvalue weighted by molar-refractivity contribution is 5.74. The number of hydrogen-bond donors (Lipinski definition) is 1.